The summed E-state index contributed by atoms with van der Waals surface area (Å²) in [5, 5.41) is 3.29. The van der Waals surface area contributed by atoms with Gasteiger partial charge in [0, 0.05) is 10.8 Å². The largest absolute Gasteiger partial charge is 0.456 e. The predicted molar refractivity (Wildman–Crippen MR) is 218 cm³/mol. The molecule has 0 spiro atoms. The summed E-state index contributed by atoms with van der Waals surface area (Å²) in [5.41, 5.74) is 2.51. The standard InChI is InChI=1S/C50H30O/c1-2-13-32-28-35(25-24-31(32)12-1)48-40-18-7-9-20-42(40)49(43-21-10-8-19-41(43)48)44-27-26-38(36-16-5-6-17-37(36)44)39-22-11-23-46-50(39)45-29-33-14-3-4-15-34(33)30-47(45)51-46/h1-30H/i1D,2D,7D,8D,9D,10D,12D,13D,18D,19D,20D,21D,24D,25D,28D. The Balaban J connectivity index is 1.33. The monoisotopic (exact) mass is 661 g/mol. The molecular weight excluding hydrogens is 617 g/mol. The van der Waals surface area contributed by atoms with Gasteiger partial charge in [-0.05, 0) is 111 Å². The van der Waals surface area contributed by atoms with Crippen molar-refractivity contribution in [2.75, 3.05) is 0 Å². The highest BCUT2D eigenvalue weighted by molar-refractivity contribution is 6.25. The molecule has 11 rings (SSSR count). The van der Waals surface area contributed by atoms with E-state index in [1.54, 1.807) is 12.1 Å². The van der Waals surface area contributed by atoms with Crippen molar-refractivity contribution in [3.63, 3.8) is 0 Å². The molecule has 1 aromatic heterocycles. The normalized spacial score (nSPS) is 16.0. The molecule has 0 saturated heterocycles. The number of benzene rings is 10. The van der Waals surface area contributed by atoms with Gasteiger partial charge >= 0.3 is 0 Å². The summed E-state index contributed by atoms with van der Waals surface area (Å²) in [7, 11) is 0. The number of hydrogen-bond acceptors (Lipinski definition) is 1. The topological polar surface area (TPSA) is 13.1 Å². The predicted octanol–water partition coefficient (Wildman–Crippen LogP) is 14.4. The highest BCUT2D eigenvalue weighted by Crippen LogP contribution is 2.48. The van der Waals surface area contributed by atoms with Crippen LogP contribution in [-0.4, -0.2) is 0 Å². The van der Waals surface area contributed by atoms with Crippen molar-refractivity contribution in [3.05, 3.63) is 182 Å². The van der Waals surface area contributed by atoms with E-state index in [1.807, 2.05) is 72.8 Å². The SMILES string of the molecule is [2H]c1c([2H])c([2H])c2c([2H])c(-c3c4c([2H])c([2H])c([2H])c([2H])c4c(-c4ccc(-c5cccc6oc7cc8ccccc8cc7c56)c5ccccc45)c4c([2H])c([2H])c([2H])c([2H])c34)c([2H])c([2H])c2c1[2H]. The number of rotatable bonds is 3. The Kier molecular flexibility index (Phi) is 3.70. The van der Waals surface area contributed by atoms with Crippen molar-refractivity contribution >= 4 is 75.8 Å². The number of hydrogen-bond donors (Lipinski definition) is 0. The lowest BCUT2D eigenvalue weighted by molar-refractivity contribution is 0.669. The van der Waals surface area contributed by atoms with Crippen LogP contribution >= 0.6 is 0 Å². The van der Waals surface area contributed by atoms with Crippen molar-refractivity contribution in [1.29, 1.82) is 0 Å². The first-order valence-electron chi connectivity index (χ1n) is 23.9. The van der Waals surface area contributed by atoms with Gasteiger partial charge in [-0.1, -0.05) is 157 Å². The van der Waals surface area contributed by atoms with Crippen molar-refractivity contribution in [1.82, 2.24) is 0 Å². The van der Waals surface area contributed by atoms with Crippen LogP contribution in [0.3, 0.4) is 0 Å². The van der Waals surface area contributed by atoms with Crippen LogP contribution in [0.4, 0.5) is 0 Å². The summed E-state index contributed by atoms with van der Waals surface area (Å²) >= 11 is 0. The minimum Gasteiger partial charge on any atom is -0.456 e. The Morgan fingerprint density at radius 2 is 0.980 bits per heavy atom. The van der Waals surface area contributed by atoms with Gasteiger partial charge in [0.25, 0.3) is 0 Å². The first kappa shape index (κ1) is 17.3. The summed E-state index contributed by atoms with van der Waals surface area (Å²) in [5.74, 6) is 0. The molecule has 1 nitrogen and oxygen atoms in total. The molecule has 11 aromatic rings. The Labute approximate surface area is 315 Å². The average Bonchev–Trinajstić information content (AvgIpc) is 3.69. The lowest BCUT2D eigenvalue weighted by atomic mass is 9.83. The van der Waals surface area contributed by atoms with E-state index >= 15 is 0 Å². The lowest BCUT2D eigenvalue weighted by Gasteiger charge is -2.20. The van der Waals surface area contributed by atoms with E-state index in [1.165, 1.54) is 0 Å². The Hall–Kier alpha value is -6.70. The molecule has 0 aliphatic carbocycles. The molecule has 10 aromatic carbocycles. The van der Waals surface area contributed by atoms with Crippen LogP contribution in [0, 0.1) is 0 Å². The summed E-state index contributed by atoms with van der Waals surface area (Å²) in [4.78, 5) is 0. The fourth-order valence-corrected chi connectivity index (χ4v) is 7.54. The second-order valence-corrected chi connectivity index (χ2v) is 12.4. The molecule has 0 radical (unpaired) electrons. The van der Waals surface area contributed by atoms with Gasteiger partial charge in [0.1, 0.15) is 11.2 Å². The number of furan rings is 1. The van der Waals surface area contributed by atoms with Crippen LogP contribution < -0.4 is 0 Å². The third-order valence-corrected chi connectivity index (χ3v) is 9.72. The van der Waals surface area contributed by atoms with Crippen LogP contribution in [0.25, 0.3) is 109 Å². The van der Waals surface area contributed by atoms with E-state index in [-0.39, 0.29) is 32.7 Å². The highest BCUT2D eigenvalue weighted by atomic mass is 16.3. The van der Waals surface area contributed by atoms with Gasteiger partial charge in [-0.15, -0.1) is 0 Å². The minimum absolute atomic E-state index is 0.0378. The number of fused-ring (bicyclic) bond motifs is 8. The summed E-state index contributed by atoms with van der Waals surface area (Å²) in [6.07, 6.45) is 0. The van der Waals surface area contributed by atoms with Gasteiger partial charge < -0.3 is 4.42 Å². The summed E-state index contributed by atoms with van der Waals surface area (Å²) < 4.78 is 142. The molecule has 0 bridgehead atoms. The molecular formula is C50H30O. The minimum atomic E-state index is -0.739. The van der Waals surface area contributed by atoms with E-state index in [0.29, 0.717) is 27.5 Å². The van der Waals surface area contributed by atoms with E-state index in [4.69, 9.17) is 16.8 Å². The molecule has 1 heteroatoms. The Morgan fingerprint density at radius 1 is 0.373 bits per heavy atom. The van der Waals surface area contributed by atoms with E-state index in [9.17, 15) is 8.22 Å². The first-order valence-corrected chi connectivity index (χ1v) is 16.4. The van der Waals surface area contributed by atoms with Crippen molar-refractivity contribution in [3.8, 4) is 33.4 Å². The zero-order chi connectivity index (χ0) is 46.5. The van der Waals surface area contributed by atoms with Gasteiger partial charge in [0.2, 0.25) is 0 Å². The first-order chi connectivity index (χ1) is 31.5. The fourth-order valence-electron chi connectivity index (χ4n) is 7.54. The van der Waals surface area contributed by atoms with Crippen LogP contribution in [0.2, 0.25) is 0 Å². The van der Waals surface area contributed by atoms with Crippen LogP contribution in [0.1, 0.15) is 20.6 Å². The van der Waals surface area contributed by atoms with Crippen molar-refractivity contribution in [2.24, 2.45) is 0 Å². The van der Waals surface area contributed by atoms with Gasteiger partial charge in [0.05, 0.1) is 20.6 Å². The van der Waals surface area contributed by atoms with E-state index < -0.39 is 107 Å². The average molecular weight is 662 g/mol. The summed E-state index contributed by atoms with van der Waals surface area (Å²) in [6, 6.07) is 18.9. The van der Waals surface area contributed by atoms with E-state index in [2.05, 4.69) is 6.07 Å². The molecule has 0 N–H and O–H groups in total. The maximum absolute atomic E-state index is 9.53. The zero-order valence-electron chi connectivity index (χ0n) is 41.6. The van der Waals surface area contributed by atoms with Crippen molar-refractivity contribution < 1.29 is 25.0 Å². The lowest BCUT2D eigenvalue weighted by Crippen LogP contribution is -1.92. The van der Waals surface area contributed by atoms with Crippen LogP contribution in [-0.2, 0) is 0 Å². The Morgan fingerprint density at radius 3 is 1.73 bits per heavy atom. The van der Waals surface area contributed by atoms with E-state index in [0.717, 1.165) is 32.7 Å². The van der Waals surface area contributed by atoms with Crippen LogP contribution in [0.5, 0.6) is 0 Å². The quantitative estimate of drug-likeness (QED) is 0.172. The van der Waals surface area contributed by atoms with Crippen molar-refractivity contribution in [2.45, 2.75) is 0 Å². The smallest absolute Gasteiger partial charge is 0.136 e. The third-order valence-electron chi connectivity index (χ3n) is 9.72. The van der Waals surface area contributed by atoms with Gasteiger partial charge in [-0.3, -0.25) is 0 Å². The molecule has 0 aliphatic heterocycles. The molecule has 0 fully saturated rings. The molecule has 0 amide bonds. The van der Waals surface area contributed by atoms with Gasteiger partial charge in [-0.25, -0.2) is 0 Å². The third kappa shape index (κ3) is 4.22. The van der Waals surface area contributed by atoms with Gasteiger partial charge in [0.15, 0.2) is 0 Å². The second kappa shape index (κ2) is 10.9. The molecule has 0 saturated carbocycles. The van der Waals surface area contributed by atoms with Gasteiger partial charge in [-0.2, -0.15) is 0 Å². The fraction of sp³-hybridized carbons (Fsp3) is 0. The zero-order valence-corrected chi connectivity index (χ0v) is 26.6. The molecule has 0 aliphatic rings. The molecule has 0 atom stereocenters. The highest BCUT2D eigenvalue weighted by Gasteiger charge is 2.20. The maximum atomic E-state index is 9.53. The molecule has 0 unspecified atom stereocenters. The van der Waals surface area contributed by atoms with Crippen LogP contribution in [0.15, 0.2) is 186 Å². The summed E-state index contributed by atoms with van der Waals surface area (Å²) in [6.45, 7) is 0. The molecule has 236 valence electrons. The second-order valence-electron chi connectivity index (χ2n) is 12.4. The maximum Gasteiger partial charge on any atom is 0.136 e. The molecule has 1 heterocycles. The molecule has 51 heavy (non-hydrogen) atoms. The Bertz CT molecular complexity index is 3980.